The third-order valence-corrected chi connectivity index (χ3v) is 3.83. The molecule has 2 aliphatic rings. The van der Waals surface area contributed by atoms with E-state index in [1.165, 1.54) is 12.0 Å². The lowest BCUT2D eigenvalue weighted by molar-refractivity contribution is -0.154. The van der Waals surface area contributed by atoms with Crippen molar-refractivity contribution in [3.8, 4) is 0 Å². The van der Waals surface area contributed by atoms with E-state index in [0.29, 0.717) is 6.61 Å². The van der Waals surface area contributed by atoms with Crippen LogP contribution in [-0.2, 0) is 9.53 Å². The molecule has 0 heterocycles. The highest BCUT2D eigenvalue weighted by molar-refractivity contribution is 5.81. The Morgan fingerprint density at radius 3 is 3.00 bits per heavy atom. The molecule has 1 fully saturated rings. The number of carbonyl (C=O) groups excluding carboxylic acids is 1. The monoisotopic (exact) mass is 220 g/mol. The average Bonchev–Trinajstić information content (AvgIpc) is 2.29. The molecule has 0 N–H and O–H groups in total. The first-order chi connectivity index (χ1) is 7.69. The van der Waals surface area contributed by atoms with E-state index in [4.69, 9.17) is 4.74 Å². The molecule has 0 unspecified atom stereocenters. The molecular formula is C14H20O2. The quantitative estimate of drug-likeness (QED) is 0.667. The molecule has 0 aromatic rings. The molecule has 0 aromatic heterocycles. The minimum Gasteiger partial charge on any atom is -0.465 e. The SMILES string of the molecule is C=C1C=C2CCCC[C@]2(C(=O)OCC)CC1. The van der Waals surface area contributed by atoms with E-state index < -0.39 is 0 Å². The Hall–Kier alpha value is -1.05. The van der Waals surface area contributed by atoms with E-state index in [1.54, 1.807) is 0 Å². The van der Waals surface area contributed by atoms with Gasteiger partial charge in [-0.05, 0) is 39.0 Å². The summed E-state index contributed by atoms with van der Waals surface area (Å²) in [6.45, 7) is 6.37. The standard InChI is InChI=1S/C14H20O2/c1-3-16-13(15)14-8-5-4-6-12(14)10-11(2)7-9-14/h10H,2-9H2,1H3/t14-/m0/s1. The normalized spacial score (nSPS) is 29.3. The predicted octanol–water partition coefficient (Wildman–Crippen LogP) is 3.39. The number of ether oxygens (including phenoxy) is 1. The lowest BCUT2D eigenvalue weighted by Crippen LogP contribution is -2.38. The Morgan fingerprint density at radius 1 is 1.44 bits per heavy atom. The summed E-state index contributed by atoms with van der Waals surface area (Å²) in [4.78, 5) is 12.2. The second-order valence-electron chi connectivity index (χ2n) is 4.84. The number of allylic oxidation sites excluding steroid dienone is 2. The Balaban J connectivity index is 2.30. The van der Waals surface area contributed by atoms with Crippen molar-refractivity contribution >= 4 is 5.97 Å². The fraction of sp³-hybridized carbons (Fsp3) is 0.643. The van der Waals surface area contributed by atoms with Crippen LogP contribution in [-0.4, -0.2) is 12.6 Å². The van der Waals surface area contributed by atoms with Crippen LogP contribution >= 0.6 is 0 Å². The Bertz CT molecular complexity index is 341. The van der Waals surface area contributed by atoms with Crippen LogP contribution in [0.4, 0.5) is 0 Å². The van der Waals surface area contributed by atoms with Gasteiger partial charge in [0.2, 0.25) is 0 Å². The lowest BCUT2D eigenvalue weighted by atomic mass is 9.64. The van der Waals surface area contributed by atoms with E-state index in [0.717, 1.165) is 37.7 Å². The number of carbonyl (C=O) groups is 1. The second-order valence-corrected chi connectivity index (χ2v) is 4.84. The van der Waals surface area contributed by atoms with Gasteiger partial charge in [-0.25, -0.2) is 0 Å². The van der Waals surface area contributed by atoms with Crippen molar-refractivity contribution < 1.29 is 9.53 Å². The average molecular weight is 220 g/mol. The Kier molecular flexibility index (Phi) is 3.17. The highest BCUT2D eigenvalue weighted by Gasteiger charge is 2.45. The van der Waals surface area contributed by atoms with Gasteiger partial charge in [0.05, 0.1) is 12.0 Å². The maximum absolute atomic E-state index is 12.2. The molecule has 2 aliphatic carbocycles. The predicted molar refractivity (Wildman–Crippen MR) is 64.0 cm³/mol. The number of rotatable bonds is 2. The third kappa shape index (κ3) is 1.81. The van der Waals surface area contributed by atoms with Crippen molar-refractivity contribution in [2.45, 2.75) is 45.4 Å². The molecule has 0 saturated heterocycles. The van der Waals surface area contributed by atoms with Crippen LogP contribution in [0.2, 0.25) is 0 Å². The van der Waals surface area contributed by atoms with Gasteiger partial charge in [0.1, 0.15) is 0 Å². The molecular weight excluding hydrogens is 200 g/mol. The maximum atomic E-state index is 12.2. The van der Waals surface area contributed by atoms with Crippen LogP contribution in [0.5, 0.6) is 0 Å². The van der Waals surface area contributed by atoms with Crippen molar-refractivity contribution in [1.29, 1.82) is 0 Å². The molecule has 2 nitrogen and oxygen atoms in total. The van der Waals surface area contributed by atoms with Gasteiger partial charge in [0.25, 0.3) is 0 Å². The molecule has 1 saturated carbocycles. The molecule has 88 valence electrons. The van der Waals surface area contributed by atoms with Gasteiger partial charge >= 0.3 is 5.97 Å². The largest absolute Gasteiger partial charge is 0.465 e. The summed E-state index contributed by atoms with van der Waals surface area (Å²) in [6, 6.07) is 0. The third-order valence-electron chi connectivity index (χ3n) is 3.83. The first-order valence-electron chi connectivity index (χ1n) is 6.25. The van der Waals surface area contributed by atoms with Crippen LogP contribution in [0.15, 0.2) is 23.8 Å². The maximum Gasteiger partial charge on any atom is 0.316 e. The zero-order valence-corrected chi connectivity index (χ0v) is 10.1. The van der Waals surface area contributed by atoms with Crippen molar-refractivity contribution in [2.24, 2.45) is 5.41 Å². The van der Waals surface area contributed by atoms with Gasteiger partial charge in [-0.2, -0.15) is 0 Å². The summed E-state index contributed by atoms with van der Waals surface area (Å²) >= 11 is 0. The fourth-order valence-electron chi connectivity index (χ4n) is 2.93. The molecule has 1 atom stereocenters. The van der Waals surface area contributed by atoms with Crippen molar-refractivity contribution in [1.82, 2.24) is 0 Å². The molecule has 0 amide bonds. The van der Waals surface area contributed by atoms with Crippen molar-refractivity contribution in [2.75, 3.05) is 6.61 Å². The zero-order chi connectivity index (χ0) is 11.6. The van der Waals surface area contributed by atoms with Crippen LogP contribution < -0.4 is 0 Å². The number of hydrogen-bond donors (Lipinski definition) is 0. The Labute approximate surface area is 97.4 Å². The van der Waals surface area contributed by atoms with Crippen LogP contribution in [0.1, 0.15) is 45.4 Å². The van der Waals surface area contributed by atoms with Gasteiger partial charge in [0.15, 0.2) is 0 Å². The summed E-state index contributed by atoms with van der Waals surface area (Å²) < 4.78 is 5.27. The molecule has 0 radical (unpaired) electrons. The van der Waals surface area contributed by atoms with E-state index >= 15 is 0 Å². The first-order valence-corrected chi connectivity index (χ1v) is 6.25. The highest BCUT2D eigenvalue weighted by Crippen LogP contribution is 2.49. The number of esters is 1. The van der Waals surface area contributed by atoms with E-state index in [2.05, 4.69) is 12.7 Å². The molecule has 0 spiro atoms. The lowest BCUT2D eigenvalue weighted by Gasteiger charge is -2.40. The van der Waals surface area contributed by atoms with E-state index in [9.17, 15) is 4.79 Å². The summed E-state index contributed by atoms with van der Waals surface area (Å²) in [5.74, 6) is -0.00606. The van der Waals surface area contributed by atoms with E-state index in [-0.39, 0.29) is 11.4 Å². The number of fused-ring (bicyclic) bond motifs is 1. The van der Waals surface area contributed by atoms with Gasteiger partial charge < -0.3 is 4.74 Å². The van der Waals surface area contributed by atoms with Crippen molar-refractivity contribution in [3.63, 3.8) is 0 Å². The zero-order valence-electron chi connectivity index (χ0n) is 10.1. The fourth-order valence-corrected chi connectivity index (χ4v) is 2.93. The first kappa shape index (κ1) is 11.4. The van der Waals surface area contributed by atoms with Crippen LogP contribution in [0.25, 0.3) is 0 Å². The molecule has 16 heavy (non-hydrogen) atoms. The summed E-state index contributed by atoms with van der Waals surface area (Å²) in [7, 11) is 0. The summed E-state index contributed by atoms with van der Waals surface area (Å²) in [5.41, 5.74) is 2.14. The van der Waals surface area contributed by atoms with Gasteiger partial charge in [0, 0.05) is 0 Å². The molecule has 2 heteroatoms. The molecule has 0 aliphatic heterocycles. The smallest absolute Gasteiger partial charge is 0.316 e. The molecule has 0 aromatic carbocycles. The van der Waals surface area contributed by atoms with Gasteiger partial charge in [-0.3, -0.25) is 4.79 Å². The van der Waals surface area contributed by atoms with Gasteiger partial charge in [-0.15, -0.1) is 0 Å². The van der Waals surface area contributed by atoms with E-state index in [1.807, 2.05) is 6.92 Å². The minimum absolute atomic E-state index is 0.00606. The molecule has 2 rings (SSSR count). The van der Waals surface area contributed by atoms with Gasteiger partial charge in [-0.1, -0.05) is 30.2 Å². The number of hydrogen-bond acceptors (Lipinski definition) is 2. The topological polar surface area (TPSA) is 26.3 Å². The highest BCUT2D eigenvalue weighted by atomic mass is 16.5. The minimum atomic E-state index is -0.296. The van der Waals surface area contributed by atoms with Crippen molar-refractivity contribution in [3.05, 3.63) is 23.8 Å². The summed E-state index contributed by atoms with van der Waals surface area (Å²) in [6.07, 6.45) is 8.31. The second kappa shape index (κ2) is 4.44. The van der Waals surface area contributed by atoms with Crippen LogP contribution in [0, 0.1) is 5.41 Å². The Morgan fingerprint density at radius 2 is 2.25 bits per heavy atom. The van der Waals surface area contributed by atoms with Crippen LogP contribution in [0.3, 0.4) is 0 Å². The molecule has 0 bridgehead atoms. The summed E-state index contributed by atoms with van der Waals surface area (Å²) in [5, 5.41) is 0.